The standard InChI is InChI=1S/C14H16N4OS/c15-13(20)12-14(17-7-6-16-12)18(8-9-19)10-11-4-2-1-3-5-11/h1-7,19H,8-10H2,(H2,15,20). The van der Waals surface area contributed by atoms with E-state index in [1.54, 1.807) is 12.4 Å². The van der Waals surface area contributed by atoms with Crippen LogP contribution in [-0.4, -0.2) is 33.2 Å². The topological polar surface area (TPSA) is 75.3 Å². The molecule has 0 saturated carbocycles. The van der Waals surface area contributed by atoms with Crippen molar-refractivity contribution in [3.8, 4) is 0 Å². The lowest BCUT2D eigenvalue weighted by atomic mass is 10.2. The number of thiocarbonyl (C=S) groups is 1. The van der Waals surface area contributed by atoms with Gasteiger partial charge in [0.1, 0.15) is 10.7 Å². The Morgan fingerprint density at radius 3 is 2.55 bits per heavy atom. The monoisotopic (exact) mass is 288 g/mol. The predicted octanol–water partition coefficient (Wildman–Crippen LogP) is 1.11. The molecular formula is C14H16N4OS. The Morgan fingerprint density at radius 2 is 1.90 bits per heavy atom. The van der Waals surface area contributed by atoms with E-state index in [0.29, 0.717) is 24.6 Å². The first-order chi connectivity index (χ1) is 9.72. The van der Waals surface area contributed by atoms with Crippen LogP contribution in [0, 0.1) is 0 Å². The molecule has 0 bridgehead atoms. The van der Waals surface area contributed by atoms with Gasteiger partial charge in [-0.1, -0.05) is 42.5 Å². The number of aliphatic hydroxyl groups is 1. The van der Waals surface area contributed by atoms with Gasteiger partial charge in [0.15, 0.2) is 5.82 Å². The van der Waals surface area contributed by atoms with Crippen molar-refractivity contribution in [2.24, 2.45) is 5.73 Å². The second-order valence-corrected chi connectivity index (χ2v) is 4.66. The minimum absolute atomic E-state index is 0.0141. The van der Waals surface area contributed by atoms with Gasteiger partial charge >= 0.3 is 0 Å². The normalized spacial score (nSPS) is 10.2. The van der Waals surface area contributed by atoms with Crippen LogP contribution in [0.25, 0.3) is 0 Å². The summed E-state index contributed by atoms with van der Waals surface area (Å²) in [5, 5.41) is 9.25. The van der Waals surface area contributed by atoms with Crippen LogP contribution in [0.15, 0.2) is 42.7 Å². The molecule has 0 fully saturated rings. The summed E-state index contributed by atoms with van der Waals surface area (Å²) in [6, 6.07) is 9.93. The SMILES string of the molecule is NC(=S)c1nccnc1N(CCO)Cc1ccccc1. The third kappa shape index (κ3) is 3.49. The van der Waals surface area contributed by atoms with Crippen LogP contribution in [0.5, 0.6) is 0 Å². The van der Waals surface area contributed by atoms with Crippen LogP contribution in [-0.2, 0) is 6.54 Å². The molecule has 0 radical (unpaired) electrons. The van der Waals surface area contributed by atoms with E-state index < -0.39 is 0 Å². The molecule has 0 amide bonds. The average molecular weight is 288 g/mol. The highest BCUT2D eigenvalue weighted by atomic mass is 32.1. The summed E-state index contributed by atoms with van der Waals surface area (Å²) in [7, 11) is 0. The first kappa shape index (κ1) is 14.4. The van der Waals surface area contributed by atoms with E-state index in [4.69, 9.17) is 18.0 Å². The molecule has 0 saturated heterocycles. The number of anilines is 1. The number of hydrogen-bond donors (Lipinski definition) is 2. The van der Waals surface area contributed by atoms with E-state index in [1.165, 1.54) is 0 Å². The molecule has 2 rings (SSSR count). The Labute approximate surface area is 123 Å². The van der Waals surface area contributed by atoms with Crippen LogP contribution in [0.4, 0.5) is 5.82 Å². The van der Waals surface area contributed by atoms with E-state index in [0.717, 1.165) is 5.56 Å². The molecule has 104 valence electrons. The Bertz CT molecular complexity index is 576. The Morgan fingerprint density at radius 1 is 1.20 bits per heavy atom. The largest absolute Gasteiger partial charge is 0.395 e. The molecule has 0 aliphatic heterocycles. The minimum Gasteiger partial charge on any atom is -0.395 e. The van der Waals surface area contributed by atoms with Gasteiger partial charge in [-0.15, -0.1) is 0 Å². The zero-order valence-electron chi connectivity index (χ0n) is 10.9. The van der Waals surface area contributed by atoms with E-state index in [1.807, 2.05) is 35.2 Å². The Kier molecular flexibility index (Phi) is 4.97. The van der Waals surface area contributed by atoms with Gasteiger partial charge in [0.2, 0.25) is 0 Å². The van der Waals surface area contributed by atoms with Crippen LogP contribution in [0.1, 0.15) is 11.3 Å². The Balaban J connectivity index is 2.31. The minimum atomic E-state index is 0.0141. The van der Waals surface area contributed by atoms with Crippen molar-refractivity contribution in [3.63, 3.8) is 0 Å². The highest BCUT2D eigenvalue weighted by Crippen LogP contribution is 2.17. The van der Waals surface area contributed by atoms with Crippen molar-refractivity contribution in [1.29, 1.82) is 0 Å². The van der Waals surface area contributed by atoms with E-state index >= 15 is 0 Å². The van der Waals surface area contributed by atoms with Crippen LogP contribution >= 0.6 is 12.2 Å². The molecule has 0 aliphatic carbocycles. The highest BCUT2D eigenvalue weighted by molar-refractivity contribution is 7.80. The number of hydrogen-bond acceptors (Lipinski definition) is 5. The summed E-state index contributed by atoms with van der Waals surface area (Å²) in [4.78, 5) is 10.6. The fraction of sp³-hybridized carbons (Fsp3) is 0.214. The van der Waals surface area contributed by atoms with Crippen LogP contribution in [0.3, 0.4) is 0 Å². The van der Waals surface area contributed by atoms with Crippen molar-refractivity contribution in [1.82, 2.24) is 9.97 Å². The molecule has 1 aromatic heterocycles. The summed E-state index contributed by atoms with van der Waals surface area (Å²) in [5.74, 6) is 0.595. The van der Waals surface area contributed by atoms with Crippen molar-refractivity contribution in [2.75, 3.05) is 18.1 Å². The maximum atomic E-state index is 9.25. The first-order valence-electron chi connectivity index (χ1n) is 6.23. The molecule has 1 heterocycles. The Hall–Kier alpha value is -2.05. The molecule has 5 nitrogen and oxygen atoms in total. The van der Waals surface area contributed by atoms with Gasteiger partial charge in [-0.05, 0) is 5.56 Å². The molecule has 3 N–H and O–H groups in total. The quantitative estimate of drug-likeness (QED) is 0.776. The fourth-order valence-corrected chi connectivity index (χ4v) is 2.06. The summed E-state index contributed by atoms with van der Waals surface area (Å²) in [5.41, 5.74) is 7.27. The third-order valence-electron chi connectivity index (χ3n) is 2.80. The highest BCUT2D eigenvalue weighted by Gasteiger charge is 2.15. The summed E-state index contributed by atoms with van der Waals surface area (Å²) in [6.07, 6.45) is 3.14. The van der Waals surface area contributed by atoms with Crippen LogP contribution < -0.4 is 10.6 Å². The summed E-state index contributed by atoms with van der Waals surface area (Å²) in [6.45, 7) is 1.05. The second-order valence-electron chi connectivity index (χ2n) is 4.22. The molecule has 0 aliphatic rings. The van der Waals surface area contributed by atoms with E-state index in [-0.39, 0.29) is 11.6 Å². The zero-order valence-corrected chi connectivity index (χ0v) is 11.8. The van der Waals surface area contributed by atoms with Crippen molar-refractivity contribution in [2.45, 2.75) is 6.54 Å². The molecule has 0 unspecified atom stereocenters. The van der Waals surface area contributed by atoms with E-state index in [9.17, 15) is 5.11 Å². The molecule has 0 atom stereocenters. The summed E-state index contributed by atoms with van der Waals surface area (Å²) >= 11 is 5.00. The van der Waals surface area contributed by atoms with Crippen molar-refractivity contribution >= 4 is 23.0 Å². The average Bonchev–Trinajstić information content (AvgIpc) is 2.48. The molecule has 2 aromatic rings. The molecule has 6 heteroatoms. The molecule has 1 aromatic carbocycles. The van der Waals surface area contributed by atoms with Gasteiger partial charge < -0.3 is 15.7 Å². The number of nitrogens with two attached hydrogens (primary N) is 1. The van der Waals surface area contributed by atoms with Gasteiger partial charge in [0.25, 0.3) is 0 Å². The van der Waals surface area contributed by atoms with Crippen LogP contribution in [0.2, 0.25) is 0 Å². The number of nitrogens with zero attached hydrogens (tertiary/aromatic N) is 3. The lowest BCUT2D eigenvalue weighted by Gasteiger charge is -2.24. The second kappa shape index (κ2) is 6.93. The smallest absolute Gasteiger partial charge is 0.158 e. The molecule has 0 spiro atoms. The van der Waals surface area contributed by atoms with Gasteiger partial charge in [-0.3, -0.25) is 0 Å². The van der Waals surface area contributed by atoms with Crippen molar-refractivity contribution < 1.29 is 5.11 Å². The zero-order chi connectivity index (χ0) is 14.4. The number of rotatable bonds is 6. The molecular weight excluding hydrogens is 272 g/mol. The number of aromatic nitrogens is 2. The first-order valence-corrected chi connectivity index (χ1v) is 6.63. The lowest BCUT2D eigenvalue weighted by molar-refractivity contribution is 0.301. The van der Waals surface area contributed by atoms with Gasteiger partial charge in [-0.25, -0.2) is 9.97 Å². The van der Waals surface area contributed by atoms with Gasteiger partial charge in [-0.2, -0.15) is 0 Å². The lowest BCUT2D eigenvalue weighted by Crippen LogP contribution is -2.30. The molecule has 20 heavy (non-hydrogen) atoms. The van der Waals surface area contributed by atoms with Gasteiger partial charge in [0.05, 0.1) is 6.61 Å². The van der Waals surface area contributed by atoms with Gasteiger partial charge in [0, 0.05) is 25.5 Å². The predicted molar refractivity (Wildman–Crippen MR) is 82.5 cm³/mol. The van der Waals surface area contributed by atoms with Crippen molar-refractivity contribution in [3.05, 3.63) is 54.0 Å². The third-order valence-corrected chi connectivity index (χ3v) is 2.99. The number of benzene rings is 1. The van der Waals surface area contributed by atoms with E-state index in [2.05, 4.69) is 9.97 Å². The fourth-order valence-electron chi connectivity index (χ4n) is 1.92. The maximum Gasteiger partial charge on any atom is 0.158 e. The summed E-state index contributed by atoms with van der Waals surface area (Å²) < 4.78 is 0. The number of aliphatic hydroxyl groups excluding tert-OH is 1. The maximum absolute atomic E-state index is 9.25.